The first kappa shape index (κ1) is 19.8. The van der Waals surface area contributed by atoms with Crippen LogP contribution in [0.25, 0.3) is 0 Å². The second kappa shape index (κ2) is 11.4. The third-order valence-electron chi connectivity index (χ3n) is 2.55. The van der Waals surface area contributed by atoms with Crippen LogP contribution in [0.4, 0.5) is 0 Å². The first-order valence-corrected chi connectivity index (χ1v) is 6.81. The van der Waals surface area contributed by atoms with Gasteiger partial charge in [-0.2, -0.15) is 0 Å². The minimum absolute atomic E-state index is 0. The lowest BCUT2D eigenvalue weighted by Gasteiger charge is -2.12. The fourth-order valence-electron chi connectivity index (χ4n) is 1.57. The smallest absolute Gasteiger partial charge is 0.191 e. The molecule has 1 aromatic carbocycles. The standard InChI is InChI=1S/C13H19Cl2N3O.HI/c1-16-13(18-8-9-19-2)17-7-6-10-11(14)4-3-5-12(10)15;/h3-5H,6-9H2,1-2H3,(H2,16,17,18);1H. The molecule has 0 fully saturated rings. The van der Waals surface area contributed by atoms with E-state index < -0.39 is 0 Å². The molecule has 114 valence electrons. The van der Waals surface area contributed by atoms with Crippen LogP contribution in [0.1, 0.15) is 5.56 Å². The summed E-state index contributed by atoms with van der Waals surface area (Å²) in [4.78, 5) is 4.11. The van der Waals surface area contributed by atoms with E-state index in [0.29, 0.717) is 29.7 Å². The highest BCUT2D eigenvalue weighted by Crippen LogP contribution is 2.24. The summed E-state index contributed by atoms with van der Waals surface area (Å²) in [5, 5.41) is 7.71. The van der Waals surface area contributed by atoms with Gasteiger partial charge < -0.3 is 15.4 Å². The Balaban J connectivity index is 0.00000361. The van der Waals surface area contributed by atoms with Crippen LogP contribution in [-0.2, 0) is 11.2 Å². The average molecular weight is 432 g/mol. The fourth-order valence-corrected chi connectivity index (χ4v) is 2.16. The highest BCUT2D eigenvalue weighted by atomic mass is 127. The molecule has 0 amide bonds. The van der Waals surface area contributed by atoms with Crippen molar-refractivity contribution in [3.8, 4) is 0 Å². The summed E-state index contributed by atoms with van der Waals surface area (Å²) in [5.74, 6) is 0.736. The zero-order chi connectivity index (χ0) is 14.1. The van der Waals surface area contributed by atoms with Gasteiger partial charge in [0.15, 0.2) is 5.96 Å². The number of ether oxygens (including phenoxy) is 1. The Labute approximate surface area is 147 Å². The second-order valence-electron chi connectivity index (χ2n) is 3.87. The fraction of sp³-hybridized carbons (Fsp3) is 0.462. The summed E-state index contributed by atoms with van der Waals surface area (Å²) in [6.45, 7) is 2.05. The summed E-state index contributed by atoms with van der Waals surface area (Å²) in [6.07, 6.45) is 0.740. The molecule has 1 rings (SSSR count). The maximum Gasteiger partial charge on any atom is 0.191 e. The van der Waals surface area contributed by atoms with Crippen LogP contribution in [0.15, 0.2) is 23.2 Å². The van der Waals surface area contributed by atoms with Crippen LogP contribution >= 0.6 is 47.2 Å². The van der Waals surface area contributed by atoms with E-state index in [4.69, 9.17) is 27.9 Å². The normalized spacial score (nSPS) is 10.9. The Morgan fingerprint density at radius 1 is 1.20 bits per heavy atom. The van der Waals surface area contributed by atoms with Crippen molar-refractivity contribution in [1.29, 1.82) is 0 Å². The largest absolute Gasteiger partial charge is 0.383 e. The lowest BCUT2D eigenvalue weighted by molar-refractivity contribution is 0.203. The van der Waals surface area contributed by atoms with Gasteiger partial charge in [0.1, 0.15) is 0 Å². The molecule has 0 atom stereocenters. The molecule has 2 N–H and O–H groups in total. The van der Waals surface area contributed by atoms with E-state index >= 15 is 0 Å². The predicted octanol–water partition coefficient (Wildman–Crippen LogP) is 2.97. The predicted molar refractivity (Wildman–Crippen MR) is 96.8 cm³/mol. The number of nitrogens with one attached hydrogen (secondary N) is 2. The number of rotatable bonds is 6. The summed E-state index contributed by atoms with van der Waals surface area (Å²) in [7, 11) is 3.39. The summed E-state index contributed by atoms with van der Waals surface area (Å²) in [6, 6.07) is 5.52. The van der Waals surface area contributed by atoms with E-state index in [1.165, 1.54) is 0 Å². The van der Waals surface area contributed by atoms with Gasteiger partial charge in [0.25, 0.3) is 0 Å². The van der Waals surface area contributed by atoms with Gasteiger partial charge in [-0.15, -0.1) is 24.0 Å². The van der Waals surface area contributed by atoms with Crippen molar-refractivity contribution in [1.82, 2.24) is 10.6 Å². The van der Waals surface area contributed by atoms with Crippen molar-refractivity contribution in [3.63, 3.8) is 0 Å². The molecule has 4 nitrogen and oxygen atoms in total. The topological polar surface area (TPSA) is 45.7 Å². The molecule has 0 aliphatic rings. The molecule has 20 heavy (non-hydrogen) atoms. The molecule has 7 heteroatoms. The van der Waals surface area contributed by atoms with E-state index in [-0.39, 0.29) is 24.0 Å². The number of guanidine groups is 1. The Morgan fingerprint density at radius 3 is 2.35 bits per heavy atom. The molecule has 0 aromatic heterocycles. The quantitative estimate of drug-likeness (QED) is 0.315. The molecule has 0 saturated carbocycles. The van der Waals surface area contributed by atoms with Crippen molar-refractivity contribution in [2.24, 2.45) is 4.99 Å². The van der Waals surface area contributed by atoms with Crippen molar-refractivity contribution < 1.29 is 4.74 Å². The van der Waals surface area contributed by atoms with Crippen molar-refractivity contribution in [2.45, 2.75) is 6.42 Å². The molecule has 1 aromatic rings. The third-order valence-corrected chi connectivity index (χ3v) is 3.26. The molecule has 0 saturated heterocycles. The second-order valence-corrected chi connectivity index (χ2v) is 4.68. The number of aliphatic imine (C=N–C) groups is 1. The summed E-state index contributed by atoms with van der Waals surface area (Å²) < 4.78 is 4.96. The number of hydrogen-bond acceptors (Lipinski definition) is 2. The first-order valence-electron chi connectivity index (χ1n) is 6.05. The number of benzene rings is 1. The van der Waals surface area contributed by atoms with Crippen molar-refractivity contribution in [3.05, 3.63) is 33.8 Å². The molecular formula is C13H20Cl2IN3O. The average Bonchev–Trinajstić information content (AvgIpc) is 2.40. The van der Waals surface area contributed by atoms with Gasteiger partial charge in [0.05, 0.1) is 6.61 Å². The lowest BCUT2D eigenvalue weighted by atomic mass is 10.1. The lowest BCUT2D eigenvalue weighted by Crippen LogP contribution is -2.39. The highest BCUT2D eigenvalue weighted by Gasteiger charge is 2.05. The number of hydrogen-bond donors (Lipinski definition) is 2. The molecule has 0 spiro atoms. The summed E-state index contributed by atoms with van der Waals surface area (Å²) in [5.41, 5.74) is 0.950. The van der Waals surface area contributed by atoms with E-state index in [1.54, 1.807) is 14.2 Å². The Kier molecular flexibility index (Phi) is 11.3. The van der Waals surface area contributed by atoms with Crippen LogP contribution in [0.3, 0.4) is 0 Å². The van der Waals surface area contributed by atoms with Crippen LogP contribution < -0.4 is 10.6 Å². The maximum absolute atomic E-state index is 6.11. The van der Waals surface area contributed by atoms with Gasteiger partial charge in [-0.25, -0.2) is 0 Å². The molecule has 0 radical (unpaired) electrons. The Hall–Kier alpha value is -0.240. The van der Waals surface area contributed by atoms with Crippen LogP contribution in [0, 0.1) is 0 Å². The molecule has 0 unspecified atom stereocenters. The maximum atomic E-state index is 6.11. The zero-order valence-corrected chi connectivity index (χ0v) is 15.4. The zero-order valence-electron chi connectivity index (χ0n) is 11.6. The SMILES string of the molecule is CN=C(NCCOC)NCCc1c(Cl)cccc1Cl.I. The summed E-state index contributed by atoms with van der Waals surface area (Å²) >= 11 is 12.2. The van der Waals surface area contributed by atoms with E-state index in [1.807, 2.05) is 18.2 Å². The number of methoxy groups -OCH3 is 1. The number of nitrogens with zero attached hydrogens (tertiary/aromatic N) is 1. The Morgan fingerprint density at radius 2 is 1.80 bits per heavy atom. The van der Waals surface area contributed by atoms with Crippen LogP contribution in [0.5, 0.6) is 0 Å². The first-order chi connectivity index (χ1) is 9.19. The minimum Gasteiger partial charge on any atom is -0.383 e. The third kappa shape index (κ3) is 6.97. The van der Waals surface area contributed by atoms with E-state index in [0.717, 1.165) is 17.9 Å². The molecular weight excluding hydrogens is 412 g/mol. The van der Waals surface area contributed by atoms with Gasteiger partial charge in [-0.3, -0.25) is 4.99 Å². The van der Waals surface area contributed by atoms with Gasteiger partial charge in [0, 0.05) is 37.3 Å². The number of halogens is 3. The molecule has 0 aliphatic carbocycles. The minimum atomic E-state index is 0. The van der Waals surface area contributed by atoms with Gasteiger partial charge in [0.2, 0.25) is 0 Å². The monoisotopic (exact) mass is 431 g/mol. The Bertz CT molecular complexity index is 410. The van der Waals surface area contributed by atoms with Gasteiger partial charge >= 0.3 is 0 Å². The van der Waals surface area contributed by atoms with E-state index in [2.05, 4.69) is 15.6 Å². The van der Waals surface area contributed by atoms with Crippen LogP contribution in [0.2, 0.25) is 10.0 Å². The van der Waals surface area contributed by atoms with Crippen molar-refractivity contribution in [2.75, 3.05) is 33.9 Å². The molecule has 0 heterocycles. The van der Waals surface area contributed by atoms with Gasteiger partial charge in [-0.1, -0.05) is 29.3 Å². The van der Waals surface area contributed by atoms with Gasteiger partial charge in [-0.05, 0) is 24.1 Å². The van der Waals surface area contributed by atoms with E-state index in [9.17, 15) is 0 Å². The molecule has 0 aliphatic heterocycles. The van der Waals surface area contributed by atoms with Crippen molar-refractivity contribution >= 4 is 53.1 Å². The highest BCUT2D eigenvalue weighted by molar-refractivity contribution is 14.0. The molecule has 0 bridgehead atoms. The van der Waals surface area contributed by atoms with Crippen LogP contribution in [-0.4, -0.2) is 39.8 Å².